The van der Waals surface area contributed by atoms with Crippen molar-refractivity contribution in [1.82, 2.24) is 0 Å². The van der Waals surface area contributed by atoms with Gasteiger partial charge in [-0.3, -0.25) is 4.79 Å². The van der Waals surface area contributed by atoms with Crippen LogP contribution in [0.3, 0.4) is 0 Å². The van der Waals surface area contributed by atoms with E-state index in [4.69, 9.17) is 0 Å². The van der Waals surface area contributed by atoms with Crippen LogP contribution in [-0.4, -0.2) is 5.78 Å². The Kier molecular flexibility index (Phi) is 3.24. The second-order valence-corrected chi connectivity index (χ2v) is 3.70. The SMILES string of the molecule is C=CC(=O)CC(=C)C(C)(C)C. The minimum atomic E-state index is 0.0265. The smallest absolute Gasteiger partial charge is 0.159 e. The fraction of sp³-hybridized carbons (Fsp3) is 0.500. The fourth-order valence-corrected chi connectivity index (χ4v) is 0.548. The number of rotatable bonds is 3. The highest BCUT2D eigenvalue weighted by atomic mass is 16.1. The zero-order valence-electron chi connectivity index (χ0n) is 7.61. The molecule has 0 fully saturated rings. The van der Waals surface area contributed by atoms with Crippen molar-refractivity contribution in [3.63, 3.8) is 0 Å². The van der Waals surface area contributed by atoms with E-state index in [0.717, 1.165) is 5.57 Å². The summed E-state index contributed by atoms with van der Waals surface area (Å²) < 4.78 is 0. The van der Waals surface area contributed by atoms with Crippen LogP contribution in [-0.2, 0) is 4.79 Å². The Bertz CT molecular complexity index is 182. The number of ketones is 1. The van der Waals surface area contributed by atoms with Crippen LogP contribution in [0.4, 0.5) is 0 Å². The predicted molar refractivity (Wildman–Crippen MR) is 48.4 cm³/mol. The third-order valence-electron chi connectivity index (χ3n) is 1.68. The maximum Gasteiger partial charge on any atom is 0.159 e. The molecule has 1 nitrogen and oxygen atoms in total. The molecule has 1 heteroatoms. The molecule has 0 spiro atoms. The molecule has 0 radical (unpaired) electrons. The number of carbonyl (C=O) groups is 1. The number of hydrogen-bond acceptors (Lipinski definition) is 1. The van der Waals surface area contributed by atoms with Crippen LogP contribution >= 0.6 is 0 Å². The van der Waals surface area contributed by atoms with Crippen molar-refractivity contribution in [2.75, 3.05) is 0 Å². The van der Waals surface area contributed by atoms with Gasteiger partial charge in [-0.15, -0.1) is 0 Å². The van der Waals surface area contributed by atoms with Crippen LogP contribution in [0.1, 0.15) is 27.2 Å². The first-order valence-corrected chi connectivity index (χ1v) is 3.71. The summed E-state index contributed by atoms with van der Waals surface area (Å²) in [6.07, 6.45) is 1.77. The summed E-state index contributed by atoms with van der Waals surface area (Å²) in [6.45, 7) is 13.4. The normalized spacial score (nSPS) is 10.8. The molecule has 0 aliphatic rings. The van der Waals surface area contributed by atoms with Gasteiger partial charge in [-0.1, -0.05) is 39.5 Å². The van der Waals surface area contributed by atoms with Gasteiger partial charge in [0.1, 0.15) is 0 Å². The van der Waals surface area contributed by atoms with Crippen molar-refractivity contribution in [2.45, 2.75) is 27.2 Å². The Morgan fingerprint density at radius 2 is 1.91 bits per heavy atom. The van der Waals surface area contributed by atoms with Gasteiger partial charge in [0.25, 0.3) is 0 Å². The summed E-state index contributed by atoms with van der Waals surface area (Å²) in [5.74, 6) is 0.0462. The Balaban J connectivity index is 4.09. The highest BCUT2D eigenvalue weighted by molar-refractivity contribution is 5.90. The Morgan fingerprint density at radius 1 is 1.45 bits per heavy atom. The summed E-state index contributed by atoms with van der Waals surface area (Å²) in [7, 11) is 0. The van der Waals surface area contributed by atoms with E-state index in [2.05, 4.69) is 13.2 Å². The standard InChI is InChI=1S/C10H16O/c1-6-9(11)7-8(2)10(3,4)5/h6H,1-2,7H2,3-5H3. The molecule has 0 unspecified atom stereocenters. The molecule has 0 aliphatic carbocycles. The van der Waals surface area contributed by atoms with E-state index in [-0.39, 0.29) is 11.2 Å². The number of hydrogen-bond donors (Lipinski definition) is 0. The van der Waals surface area contributed by atoms with Gasteiger partial charge in [0.05, 0.1) is 0 Å². The molecule has 0 aromatic rings. The monoisotopic (exact) mass is 152 g/mol. The van der Waals surface area contributed by atoms with Crippen LogP contribution in [0, 0.1) is 5.41 Å². The minimum absolute atomic E-state index is 0.0265. The van der Waals surface area contributed by atoms with E-state index < -0.39 is 0 Å². The quantitative estimate of drug-likeness (QED) is 0.449. The van der Waals surface area contributed by atoms with Crippen molar-refractivity contribution in [1.29, 1.82) is 0 Å². The van der Waals surface area contributed by atoms with Gasteiger partial charge in [-0.25, -0.2) is 0 Å². The van der Waals surface area contributed by atoms with E-state index in [1.807, 2.05) is 20.8 Å². The van der Waals surface area contributed by atoms with Crippen LogP contribution in [0.2, 0.25) is 0 Å². The molecule has 0 heterocycles. The van der Waals surface area contributed by atoms with Crippen molar-refractivity contribution < 1.29 is 4.79 Å². The van der Waals surface area contributed by atoms with Crippen molar-refractivity contribution >= 4 is 5.78 Å². The molecular formula is C10H16O. The zero-order valence-corrected chi connectivity index (χ0v) is 7.61. The minimum Gasteiger partial charge on any atom is -0.295 e. The maximum atomic E-state index is 10.9. The summed E-state index contributed by atoms with van der Waals surface area (Å²) in [5, 5.41) is 0. The molecule has 0 N–H and O–H groups in total. The molecule has 0 aliphatic heterocycles. The highest BCUT2D eigenvalue weighted by Gasteiger charge is 2.15. The molecule has 11 heavy (non-hydrogen) atoms. The van der Waals surface area contributed by atoms with E-state index in [1.54, 1.807) is 0 Å². The third kappa shape index (κ3) is 3.76. The summed E-state index contributed by atoms with van der Waals surface area (Å²) in [5.41, 5.74) is 0.987. The van der Waals surface area contributed by atoms with Crippen molar-refractivity contribution in [2.24, 2.45) is 5.41 Å². The largest absolute Gasteiger partial charge is 0.295 e. The van der Waals surface area contributed by atoms with Gasteiger partial charge in [-0.05, 0) is 11.5 Å². The number of allylic oxidation sites excluding steroid dienone is 2. The molecule has 62 valence electrons. The molecule has 0 amide bonds. The second-order valence-electron chi connectivity index (χ2n) is 3.70. The second kappa shape index (κ2) is 3.51. The Labute approximate surface area is 68.8 Å². The van der Waals surface area contributed by atoms with Gasteiger partial charge < -0.3 is 0 Å². The summed E-state index contributed by atoms with van der Waals surface area (Å²) >= 11 is 0. The molecule has 0 bridgehead atoms. The topological polar surface area (TPSA) is 17.1 Å². The van der Waals surface area contributed by atoms with Crippen LogP contribution < -0.4 is 0 Å². The van der Waals surface area contributed by atoms with Crippen molar-refractivity contribution in [3.8, 4) is 0 Å². The van der Waals surface area contributed by atoms with E-state index in [9.17, 15) is 4.79 Å². The Hall–Kier alpha value is -0.850. The first-order chi connectivity index (χ1) is 4.88. The molecule has 0 atom stereocenters. The Morgan fingerprint density at radius 3 is 2.18 bits per heavy atom. The predicted octanol–water partition coefficient (Wildman–Crippen LogP) is 2.73. The lowest BCUT2D eigenvalue weighted by Gasteiger charge is -2.20. The highest BCUT2D eigenvalue weighted by Crippen LogP contribution is 2.26. The lowest BCUT2D eigenvalue weighted by Crippen LogP contribution is -2.11. The first kappa shape index (κ1) is 10.2. The van der Waals surface area contributed by atoms with Gasteiger partial charge in [0, 0.05) is 6.42 Å². The average Bonchev–Trinajstić information content (AvgIpc) is 1.85. The van der Waals surface area contributed by atoms with Crippen molar-refractivity contribution in [3.05, 3.63) is 24.8 Å². The summed E-state index contributed by atoms with van der Waals surface area (Å²) in [6, 6.07) is 0. The van der Waals surface area contributed by atoms with Gasteiger partial charge in [-0.2, -0.15) is 0 Å². The van der Waals surface area contributed by atoms with E-state index in [0.29, 0.717) is 6.42 Å². The van der Waals surface area contributed by atoms with Gasteiger partial charge in [0.2, 0.25) is 0 Å². The van der Waals surface area contributed by atoms with Gasteiger partial charge in [0.15, 0.2) is 5.78 Å². The molecule has 0 aromatic heterocycles. The first-order valence-electron chi connectivity index (χ1n) is 3.71. The van der Waals surface area contributed by atoms with Gasteiger partial charge >= 0.3 is 0 Å². The van der Waals surface area contributed by atoms with E-state index in [1.165, 1.54) is 6.08 Å². The molecule has 0 aromatic carbocycles. The fourth-order valence-electron chi connectivity index (χ4n) is 0.548. The van der Waals surface area contributed by atoms with E-state index >= 15 is 0 Å². The third-order valence-corrected chi connectivity index (χ3v) is 1.68. The molecule has 0 saturated heterocycles. The lowest BCUT2D eigenvalue weighted by molar-refractivity contribution is -0.114. The summed E-state index contributed by atoms with van der Waals surface area (Å²) in [4.78, 5) is 10.9. The molecular weight excluding hydrogens is 136 g/mol. The zero-order chi connectivity index (χ0) is 9.07. The maximum absolute atomic E-state index is 10.9. The van der Waals surface area contributed by atoms with Crippen LogP contribution in [0.15, 0.2) is 24.8 Å². The number of carbonyl (C=O) groups excluding carboxylic acids is 1. The molecule has 0 saturated carbocycles. The molecule has 0 rings (SSSR count). The van der Waals surface area contributed by atoms with Crippen LogP contribution in [0.25, 0.3) is 0 Å². The average molecular weight is 152 g/mol. The van der Waals surface area contributed by atoms with Crippen LogP contribution in [0.5, 0.6) is 0 Å². The lowest BCUT2D eigenvalue weighted by atomic mass is 9.85.